The van der Waals surface area contributed by atoms with Crippen LogP contribution in [0.2, 0.25) is 0 Å². The second kappa shape index (κ2) is 32.3. The van der Waals surface area contributed by atoms with Crippen molar-refractivity contribution < 1.29 is 0 Å². The molecule has 0 aliphatic heterocycles. The highest BCUT2D eigenvalue weighted by atomic mass is 14.9. The van der Waals surface area contributed by atoms with Crippen LogP contribution >= 0.6 is 0 Å². The summed E-state index contributed by atoms with van der Waals surface area (Å²) >= 11 is 0. The predicted molar refractivity (Wildman–Crippen MR) is 608 cm³/mol. The maximum Gasteiger partial charge on any atom is 0.188 e. The van der Waals surface area contributed by atoms with Gasteiger partial charge in [0.2, 0.25) is 0 Å². The lowest BCUT2D eigenvalue weighted by Gasteiger charge is -2.19. The van der Waals surface area contributed by atoms with Crippen molar-refractivity contribution in [2.45, 2.75) is 52.4 Å². The lowest BCUT2D eigenvalue weighted by Crippen LogP contribution is -2.10. The van der Waals surface area contributed by atoms with E-state index in [1.165, 1.54) is 247 Å². The van der Waals surface area contributed by atoms with Crippen LogP contribution in [-0.2, 0) is 10.8 Å². The fourth-order valence-electron chi connectivity index (χ4n) is 22.9. The van der Waals surface area contributed by atoms with Crippen LogP contribution < -0.4 is 0 Å². The molecular weight excluding hydrogens is 1730 g/mol. The summed E-state index contributed by atoms with van der Waals surface area (Å²) in [5.41, 5.74) is 35.0. The molecule has 0 spiro atoms. The van der Waals surface area contributed by atoms with Gasteiger partial charge in [-0.2, -0.15) is 0 Å². The van der Waals surface area contributed by atoms with Crippen LogP contribution in [0.5, 0.6) is 0 Å². The number of benzene rings is 23. The molecular formula is C137H90N6. The van der Waals surface area contributed by atoms with Gasteiger partial charge in [-0.1, -0.05) is 333 Å². The number of fused-ring (bicyclic) bond motifs is 24. The molecule has 0 amide bonds. The zero-order valence-electron chi connectivity index (χ0n) is 79.8. The molecule has 143 heavy (non-hydrogen) atoms. The minimum absolute atomic E-state index is 0.125. The van der Waals surface area contributed by atoms with E-state index < -0.39 is 0 Å². The zero-order valence-corrected chi connectivity index (χ0v) is 79.8. The fourth-order valence-corrected chi connectivity index (χ4v) is 22.9. The van der Waals surface area contributed by atoms with Crippen molar-refractivity contribution >= 4 is 196 Å². The molecule has 0 atom stereocenters. The summed E-state index contributed by atoms with van der Waals surface area (Å²) in [6.07, 6.45) is 0. The van der Waals surface area contributed by atoms with Gasteiger partial charge in [0.25, 0.3) is 0 Å². The Morgan fingerprint density at radius 3 is 0.497 bits per heavy atom. The molecule has 668 valence electrons. The number of hydrogen-bond donors (Lipinski definition) is 0. The van der Waals surface area contributed by atoms with Crippen molar-refractivity contribution in [1.82, 2.24) is 13.2 Å². The maximum absolute atomic E-state index is 7.97. The van der Waals surface area contributed by atoms with Crippen LogP contribution in [0.15, 0.2) is 437 Å². The molecule has 6 heteroatoms. The van der Waals surface area contributed by atoms with Crippen LogP contribution in [0.1, 0.15) is 52.7 Å². The van der Waals surface area contributed by atoms with Crippen molar-refractivity contribution in [3.63, 3.8) is 0 Å². The number of rotatable bonds is 8. The molecule has 6 nitrogen and oxygen atoms in total. The first-order chi connectivity index (χ1) is 69.9. The van der Waals surface area contributed by atoms with E-state index in [4.69, 9.17) is 19.7 Å². The Labute approximate surface area is 826 Å². The first-order valence-electron chi connectivity index (χ1n) is 49.1. The fraction of sp³-hybridized carbons (Fsp3) is 0.0584. The smallest absolute Gasteiger partial charge is 0.188 e. The van der Waals surface area contributed by atoms with E-state index in [0.717, 1.165) is 32.3 Å². The molecule has 29 aromatic rings. The number of nitrogens with zero attached hydrogens (tertiary/aromatic N) is 6. The van der Waals surface area contributed by atoms with Crippen LogP contribution in [0.3, 0.4) is 0 Å². The molecule has 6 aromatic heterocycles. The van der Waals surface area contributed by atoms with E-state index in [-0.39, 0.29) is 10.8 Å². The first-order valence-corrected chi connectivity index (χ1v) is 49.1. The van der Waals surface area contributed by atoms with Crippen LogP contribution in [-0.4, -0.2) is 13.2 Å². The zero-order chi connectivity index (χ0) is 95.9. The van der Waals surface area contributed by atoms with Gasteiger partial charge in [0.05, 0.1) is 69.4 Å². The van der Waals surface area contributed by atoms with Gasteiger partial charge in [0.1, 0.15) is 0 Å². The maximum atomic E-state index is 7.97. The topological polar surface area (TPSA) is 26.3 Å². The van der Waals surface area contributed by atoms with E-state index in [0.29, 0.717) is 17.1 Å². The van der Waals surface area contributed by atoms with E-state index >= 15 is 0 Å². The second-order valence-corrected chi connectivity index (χ2v) is 40.9. The summed E-state index contributed by atoms with van der Waals surface area (Å²) in [5, 5.41) is 28.4. The first kappa shape index (κ1) is 83.8. The molecule has 0 aliphatic carbocycles. The van der Waals surface area contributed by atoms with Crippen molar-refractivity contribution in [1.29, 1.82) is 0 Å². The lowest BCUT2D eigenvalue weighted by atomic mass is 9.86. The van der Waals surface area contributed by atoms with E-state index in [1.54, 1.807) is 0 Å². The Morgan fingerprint density at radius 2 is 0.315 bits per heavy atom. The van der Waals surface area contributed by atoms with Crippen molar-refractivity contribution in [3.05, 3.63) is 482 Å². The Morgan fingerprint density at radius 1 is 0.154 bits per heavy atom. The normalized spacial score (nSPS) is 12.1. The lowest BCUT2D eigenvalue weighted by molar-refractivity contribution is 0.590. The van der Waals surface area contributed by atoms with Gasteiger partial charge in [0.15, 0.2) is 17.1 Å². The molecule has 0 saturated heterocycles. The third-order valence-corrected chi connectivity index (χ3v) is 30.3. The predicted octanol–water partition coefficient (Wildman–Crippen LogP) is 39.0. The Kier molecular flexibility index (Phi) is 18.9. The van der Waals surface area contributed by atoms with Gasteiger partial charge in [-0.25, -0.2) is 14.5 Å². The third-order valence-electron chi connectivity index (χ3n) is 30.3. The Bertz CT molecular complexity index is 9900. The highest BCUT2D eigenvalue weighted by Gasteiger charge is 2.27. The third kappa shape index (κ3) is 13.9. The molecule has 0 aliphatic rings. The Balaban J connectivity index is 0.000000108. The highest BCUT2D eigenvalue weighted by molar-refractivity contribution is 6.31. The summed E-state index contributed by atoms with van der Waals surface area (Å²) in [5.74, 6) is 0. The average Bonchev–Trinajstić information content (AvgIpc) is 1.54. The van der Waals surface area contributed by atoms with Crippen molar-refractivity contribution in [2.75, 3.05) is 0 Å². The van der Waals surface area contributed by atoms with Gasteiger partial charge in [0, 0.05) is 32.3 Å². The van der Waals surface area contributed by atoms with Crippen molar-refractivity contribution in [2.24, 2.45) is 0 Å². The van der Waals surface area contributed by atoms with Crippen LogP contribution in [0.25, 0.3) is 282 Å². The average molecular weight is 1820 g/mol. The molecule has 23 aromatic carbocycles. The van der Waals surface area contributed by atoms with Gasteiger partial charge in [-0.15, -0.1) is 0 Å². The summed E-state index contributed by atoms with van der Waals surface area (Å²) in [4.78, 5) is 11.7. The molecule has 0 saturated carbocycles. The van der Waals surface area contributed by atoms with Gasteiger partial charge in [-0.3, -0.25) is 0 Å². The van der Waals surface area contributed by atoms with Gasteiger partial charge >= 0.3 is 0 Å². The quantitative estimate of drug-likeness (QED) is 0.136. The van der Waals surface area contributed by atoms with Gasteiger partial charge in [-0.05, 0) is 354 Å². The SMILES string of the molecule is [C-]#[N+]c1cc2c3cc4ccc(-c5ccc(-c6ccccc6)cc5)cc4cc3n3c4cc5cc(-c6ccc(-c7ccccc7)cc6)ccc5cc4c(c1)c23.[C-]#[N+]c1cc2c3cc4ccc(-c5ccc(C(C)(C)C)cc5)cc4cc3n3c4cc5cc(-c6ccc(C(C)(C)C)cc6)ccc5cc4c(c1)c23.[C-]#[N+]c1cc2c3cc4ccc(-c5ccccc5)cc4cc3n3c4cc5cc(-c6ccccc6)ccc5cc4c(c1)c23. The largest absolute Gasteiger partial charge is 0.308 e. The summed E-state index contributed by atoms with van der Waals surface area (Å²) in [6.45, 7) is 37.3. The van der Waals surface area contributed by atoms with Crippen LogP contribution in [0, 0.1) is 19.7 Å². The summed E-state index contributed by atoms with van der Waals surface area (Å²) in [7, 11) is 0. The highest BCUT2D eigenvalue weighted by Crippen LogP contribution is 2.51. The molecule has 0 unspecified atom stereocenters. The number of aromatic nitrogens is 3. The molecule has 0 N–H and O–H groups in total. The van der Waals surface area contributed by atoms with E-state index in [2.05, 4.69) is 506 Å². The molecule has 0 radical (unpaired) electrons. The molecule has 0 fully saturated rings. The molecule has 29 rings (SSSR count). The van der Waals surface area contributed by atoms with E-state index in [9.17, 15) is 0 Å². The summed E-state index contributed by atoms with van der Waals surface area (Å²) in [6, 6.07) is 159. The van der Waals surface area contributed by atoms with Gasteiger partial charge < -0.3 is 13.2 Å². The number of hydrogen-bond acceptors (Lipinski definition) is 0. The minimum Gasteiger partial charge on any atom is -0.308 e. The summed E-state index contributed by atoms with van der Waals surface area (Å²) < 4.78 is 7.30. The second-order valence-electron chi connectivity index (χ2n) is 40.9. The monoisotopic (exact) mass is 1820 g/mol. The molecule has 0 bridgehead atoms. The van der Waals surface area contributed by atoms with E-state index in [1.807, 2.05) is 0 Å². The van der Waals surface area contributed by atoms with Crippen LogP contribution in [0.4, 0.5) is 17.1 Å². The molecule has 6 heterocycles. The standard InChI is InChI=1S/C51H30N2.C47H38N2.C39H22N2/c1-52-44-30-47-45-26-40-22-20-38(36-16-12-34(13-17-36)32-8-4-2-5-9-32)24-42(40)28-49(45)53-50-29-43-25-39(21-23-41(43)27-46(50)48(31-44)51(47)53)37-18-14-35(15-19-37)33-10-6-3-7-11-33;1-46(2,3)36-16-12-28(13-17-36)30-8-10-32-22-39-41-26-38(48-7)27-42-40-23-33-11-9-31(29-14-18-37(19-15-29)47(4,5)6)21-35(33)25-44(40)49(45(41)42)43(39)24-34(32)20-30;1-40-32-22-35-33-18-28-14-12-26(24-8-4-2-5-9-24)16-30(28)20-37(33)41-38-21-31-17-27(25-10-6-3-7-11-25)13-15-29(31)19-34(38)36(23-32)39(35)41/h2-31H;8-27H,1-6H3;2-23H. The van der Waals surface area contributed by atoms with Crippen molar-refractivity contribution in [3.8, 4) is 89.0 Å². The Hall–Kier alpha value is -18.5. The minimum atomic E-state index is 0.125.